The number of hydrogen-bond donors (Lipinski definition) is 1. The Labute approximate surface area is 202 Å². The number of nitrogens with one attached hydrogen (secondary N) is 1. The first-order chi connectivity index (χ1) is 16.5. The topological polar surface area (TPSA) is 88.6 Å². The molecule has 174 valence electrons. The van der Waals surface area contributed by atoms with E-state index in [2.05, 4.69) is 10.3 Å². The number of pyridine rings is 1. The first kappa shape index (κ1) is 23.4. The molecule has 0 unspecified atom stereocenters. The van der Waals surface area contributed by atoms with Gasteiger partial charge in [0.25, 0.3) is 5.91 Å². The Hall–Kier alpha value is -3.78. The fraction of sp³-hybridized carbons (Fsp3) is 0.231. The van der Waals surface area contributed by atoms with E-state index in [1.165, 1.54) is 13.2 Å². The number of aryl methyl sites for hydroxylation is 1. The van der Waals surface area contributed by atoms with Gasteiger partial charge in [0.2, 0.25) is 5.91 Å². The van der Waals surface area contributed by atoms with Crippen LogP contribution in [0, 0.1) is 6.92 Å². The van der Waals surface area contributed by atoms with Crippen molar-refractivity contribution in [3.8, 4) is 0 Å². The zero-order valence-corrected chi connectivity index (χ0v) is 19.9. The van der Waals surface area contributed by atoms with E-state index in [9.17, 15) is 14.4 Å². The van der Waals surface area contributed by atoms with Gasteiger partial charge in [-0.1, -0.05) is 12.1 Å². The van der Waals surface area contributed by atoms with Gasteiger partial charge in [-0.3, -0.25) is 14.6 Å². The third-order valence-electron chi connectivity index (χ3n) is 5.79. The predicted octanol–water partition coefficient (Wildman–Crippen LogP) is 3.77. The van der Waals surface area contributed by atoms with Gasteiger partial charge in [0.05, 0.1) is 12.7 Å². The monoisotopic (exact) mass is 475 g/mol. The lowest BCUT2D eigenvalue weighted by molar-refractivity contribution is -0.116. The molecule has 3 heterocycles. The molecule has 0 bridgehead atoms. The first-order valence-corrected chi connectivity index (χ1v) is 11.8. The highest BCUT2D eigenvalue weighted by molar-refractivity contribution is 7.10. The average molecular weight is 476 g/mol. The van der Waals surface area contributed by atoms with E-state index in [1.807, 2.05) is 24.4 Å². The van der Waals surface area contributed by atoms with E-state index in [0.717, 1.165) is 27.3 Å². The minimum atomic E-state index is -0.477. The molecule has 4 rings (SSSR count). The molecule has 1 aromatic carbocycles. The van der Waals surface area contributed by atoms with Gasteiger partial charge in [-0.25, -0.2) is 4.79 Å². The number of thiophene rings is 1. The maximum absolute atomic E-state index is 13.1. The predicted molar refractivity (Wildman–Crippen MR) is 130 cm³/mol. The number of methoxy groups -OCH3 is 1. The lowest BCUT2D eigenvalue weighted by Gasteiger charge is -2.30. The van der Waals surface area contributed by atoms with Crippen molar-refractivity contribution in [2.75, 3.05) is 13.7 Å². The molecule has 0 radical (unpaired) electrons. The molecule has 0 aliphatic carbocycles. The SMILES string of the molecule is COC(=O)c1cccc(C(=O)N2CCc3c(cnc(C)c3CNC(=O)/C=C/c3cccs3)C2)c1. The van der Waals surface area contributed by atoms with Crippen LogP contribution in [0.5, 0.6) is 0 Å². The first-order valence-electron chi connectivity index (χ1n) is 10.9. The molecule has 2 aromatic heterocycles. The van der Waals surface area contributed by atoms with Crippen LogP contribution in [0.2, 0.25) is 0 Å². The van der Waals surface area contributed by atoms with Crippen LogP contribution >= 0.6 is 11.3 Å². The van der Waals surface area contributed by atoms with Gasteiger partial charge < -0.3 is 15.0 Å². The normalized spacial score (nSPS) is 12.9. The Morgan fingerprint density at radius 1 is 1.21 bits per heavy atom. The second-order valence-electron chi connectivity index (χ2n) is 7.94. The fourth-order valence-corrected chi connectivity index (χ4v) is 4.61. The highest BCUT2D eigenvalue weighted by atomic mass is 32.1. The van der Waals surface area contributed by atoms with Gasteiger partial charge >= 0.3 is 5.97 Å². The summed E-state index contributed by atoms with van der Waals surface area (Å²) in [7, 11) is 1.31. The van der Waals surface area contributed by atoms with Crippen LogP contribution in [0.4, 0.5) is 0 Å². The van der Waals surface area contributed by atoms with Gasteiger partial charge in [-0.05, 0) is 65.8 Å². The fourth-order valence-electron chi connectivity index (χ4n) is 3.99. The second-order valence-corrected chi connectivity index (χ2v) is 8.92. The molecule has 7 nitrogen and oxygen atoms in total. The van der Waals surface area contributed by atoms with Gasteiger partial charge in [0.15, 0.2) is 0 Å². The summed E-state index contributed by atoms with van der Waals surface area (Å²) in [4.78, 5) is 44.5. The number of benzene rings is 1. The number of esters is 1. The Kier molecular flexibility index (Phi) is 7.18. The van der Waals surface area contributed by atoms with Gasteiger partial charge in [-0.15, -0.1) is 11.3 Å². The summed E-state index contributed by atoms with van der Waals surface area (Å²) in [6.07, 6.45) is 5.80. The Bertz CT molecular complexity index is 1250. The lowest BCUT2D eigenvalue weighted by atomic mass is 9.94. The Morgan fingerprint density at radius 3 is 2.79 bits per heavy atom. The standard InChI is InChI=1S/C26H25N3O4S/c1-17-23(15-28-24(30)9-8-21-7-4-12-34-21)22-10-11-29(16-20(22)14-27-17)25(31)18-5-3-6-19(13-18)26(32)33-2/h3-9,12-14H,10-11,15-16H2,1-2H3,(H,28,30)/b9-8+. The summed E-state index contributed by atoms with van der Waals surface area (Å²) in [6.45, 7) is 3.27. The van der Waals surface area contributed by atoms with Crippen molar-refractivity contribution < 1.29 is 19.1 Å². The highest BCUT2D eigenvalue weighted by Gasteiger charge is 2.25. The quantitative estimate of drug-likeness (QED) is 0.433. The van der Waals surface area contributed by atoms with Gasteiger partial charge in [-0.2, -0.15) is 0 Å². The molecular formula is C26H25N3O4S. The van der Waals surface area contributed by atoms with Crippen molar-refractivity contribution >= 4 is 35.2 Å². The van der Waals surface area contributed by atoms with Gasteiger partial charge in [0.1, 0.15) is 0 Å². The molecule has 8 heteroatoms. The average Bonchev–Trinajstić information content (AvgIpc) is 3.39. The number of carbonyl (C=O) groups excluding carboxylic acids is 3. The van der Waals surface area contributed by atoms with Crippen molar-refractivity contribution in [1.82, 2.24) is 15.2 Å². The molecule has 0 spiro atoms. The number of carbonyl (C=O) groups is 3. The summed E-state index contributed by atoms with van der Waals surface area (Å²) in [5, 5.41) is 4.91. The number of aromatic nitrogens is 1. The van der Waals surface area contributed by atoms with E-state index in [1.54, 1.807) is 52.8 Å². The van der Waals surface area contributed by atoms with E-state index in [0.29, 0.717) is 37.2 Å². The van der Waals surface area contributed by atoms with Crippen molar-refractivity contribution in [1.29, 1.82) is 0 Å². The smallest absolute Gasteiger partial charge is 0.337 e. The zero-order valence-electron chi connectivity index (χ0n) is 19.0. The second kappa shape index (κ2) is 10.4. The van der Waals surface area contributed by atoms with Crippen LogP contribution in [-0.2, 0) is 29.0 Å². The van der Waals surface area contributed by atoms with Crippen LogP contribution < -0.4 is 5.32 Å². The molecule has 0 atom stereocenters. The Morgan fingerprint density at radius 2 is 2.03 bits per heavy atom. The zero-order chi connectivity index (χ0) is 24.1. The van der Waals surface area contributed by atoms with E-state index in [-0.39, 0.29) is 11.8 Å². The molecule has 0 saturated heterocycles. The van der Waals surface area contributed by atoms with Crippen LogP contribution in [0.15, 0.2) is 54.1 Å². The molecule has 1 aliphatic heterocycles. The number of nitrogens with zero attached hydrogens (tertiary/aromatic N) is 2. The van der Waals surface area contributed by atoms with E-state index < -0.39 is 5.97 Å². The lowest BCUT2D eigenvalue weighted by Crippen LogP contribution is -2.37. The third-order valence-corrected chi connectivity index (χ3v) is 6.63. The van der Waals surface area contributed by atoms with Crippen LogP contribution in [0.3, 0.4) is 0 Å². The summed E-state index contributed by atoms with van der Waals surface area (Å²) in [5.41, 5.74) is 4.74. The number of ether oxygens (including phenoxy) is 1. The number of fused-ring (bicyclic) bond motifs is 1. The van der Waals surface area contributed by atoms with E-state index >= 15 is 0 Å². The Balaban J connectivity index is 1.46. The van der Waals surface area contributed by atoms with Gasteiger partial charge in [0, 0.05) is 48.0 Å². The summed E-state index contributed by atoms with van der Waals surface area (Å²) in [6, 6.07) is 10.4. The number of amides is 2. The van der Waals surface area contributed by atoms with Crippen LogP contribution in [0.25, 0.3) is 6.08 Å². The molecule has 34 heavy (non-hydrogen) atoms. The minimum absolute atomic E-state index is 0.148. The van der Waals surface area contributed by atoms with Crippen molar-refractivity contribution in [2.45, 2.75) is 26.4 Å². The number of rotatable bonds is 6. The van der Waals surface area contributed by atoms with Crippen molar-refractivity contribution in [2.24, 2.45) is 0 Å². The van der Waals surface area contributed by atoms with Crippen molar-refractivity contribution in [3.63, 3.8) is 0 Å². The summed E-state index contributed by atoms with van der Waals surface area (Å²) >= 11 is 1.57. The summed E-state index contributed by atoms with van der Waals surface area (Å²) in [5.74, 6) is -0.788. The van der Waals surface area contributed by atoms with Crippen LogP contribution in [0.1, 0.15) is 48.0 Å². The molecule has 3 aromatic rings. The molecule has 1 N–H and O–H groups in total. The van der Waals surface area contributed by atoms with Crippen molar-refractivity contribution in [3.05, 3.63) is 92.4 Å². The third kappa shape index (κ3) is 5.23. The maximum atomic E-state index is 13.1. The largest absolute Gasteiger partial charge is 0.465 e. The van der Waals surface area contributed by atoms with E-state index in [4.69, 9.17) is 4.74 Å². The number of hydrogen-bond acceptors (Lipinski definition) is 6. The molecular weight excluding hydrogens is 450 g/mol. The summed E-state index contributed by atoms with van der Waals surface area (Å²) < 4.78 is 4.76. The molecule has 0 saturated carbocycles. The minimum Gasteiger partial charge on any atom is -0.465 e. The highest BCUT2D eigenvalue weighted by Crippen LogP contribution is 2.25. The maximum Gasteiger partial charge on any atom is 0.337 e. The molecule has 1 aliphatic rings. The molecule has 2 amide bonds. The molecule has 0 fully saturated rings. The van der Waals surface area contributed by atoms with Crippen LogP contribution in [-0.4, -0.2) is 41.3 Å².